The van der Waals surface area contributed by atoms with E-state index in [0.29, 0.717) is 36.6 Å². The van der Waals surface area contributed by atoms with E-state index in [0.717, 1.165) is 0 Å². The Kier molecular flexibility index (Phi) is 3.88. The van der Waals surface area contributed by atoms with Crippen molar-refractivity contribution in [3.63, 3.8) is 0 Å². The number of carbonyl (C=O) groups is 1. The lowest BCUT2D eigenvalue weighted by molar-refractivity contribution is -0.154. The minimum absolute atomic E-state index is 0.175. The van der Waals surface area contributed by atoms with Crippen molar-refractivity contribution in [3.05, 3.63) is 34.6 Å². The molecule has 18 heavy (non-hydrogen) atoms. The average molecular weight is 273 g/mol. The number of carboxylic acid groups (broad SMARTS) is 1. The molecule has 5 heteroatoms. The Labute approximate surface area is 110 Å². The fourth-order valence-corrected chi connectivity index (χ4v) is 2.42. The number of benzene rings is 1. The van der Waals surface area contributed by atoms with Gasteiger partial charge < -0.3 is 9.84 Å². The van der Waals surface area contributed by atoms with Crippen molar-refractivity contribution in [3.8, 4) is 0 Å². The van der Waals surface area contributed by atoms with Crippen LogP contribution in [0, 0.1) is 11.2 Å². The third-order valence-electron chi connectivity index (χ3n) is 3.45. The highest BCUT2D eigenvalue weighted by Gasteiger charge is 2.40. The summed E-state index contributed by atoms with van der Waals surface area (Å²) in [5, 5.41) is 9.70. The molecule has 3 nitrogen and oxygen atoms in total. The van der Waals surface area contributed by atoms with Gasteiger partial charge >= 0.3 is 5.97 Å². The summed E-state index contributed by atoms with van der Waals surface area (Å²) >= 11 is 5.68. The molecule has 0 radical (unpaired) electrons. The summed E-state index contributed by atoms with van der Waals surface area (Å²) in [6.07, 6.45) is 0.990. The van der Waals surface area contributed by atoms with Crippen LogP contribution in [0.25, 0.3) is 0 Å². The molecule has 0 amide bonds. The second-order valence-corrected chi connectivity index (χ2v) is 5.05. The summed E-state index contributed by atoms with van der Waals surface area (Å²) in [6, 6.07) is 4.35. The molecule has 0 bridgehead atoms. The van der Waals surface area contributed by atoms with Gasteiger partial charge in [-0.05, 0) is 37.0 Å². The third kappa shape index (κ3) is 2.65. The summed E-state index contributed by atoms with van der Waals surface area (Å²) < 4.78 is 18.9. The smallest absolute Gasteiger partial charge is 0.310 e. The normalized spacial score (nSPS) is 18.6. The summed E-state index contributed by atoms with van der Waals surface area (Å²) in [6.45, 7) is 0.809. The SMILES string of the molecule is O=C(O)C1(Cc2ccc(Cl)cc2F)CCOCC1. The van der Waals surface area contributed by atoms with E-state index in [2.05, 4.69) is 0 Å². The number of halogens is 2. The van der Waals surface area contributed by atoms with Gasteiger partial charge in [0.15, 0.2) is 0 Å². The molecule has 1 saturated heterocycles. The van der Waals surface area contributed by atoms with Gasteiger partial charge in [0.2, 0.25) is 0 Å². The van der Waals surface area contributed by atoms with Crippen LogP contribution in [-0.4, -0.2) is 24.3 Å². The van der Waals surface area contributed by atoms with Gasteiger partial charge in [0.25, 0.3) is 0 Å². The zero-order valence-electron chi connectivity index (χ0n) is 9.79. The fourth-order valence-electron chi connectivity index (χ4n) is 2.26. The highest BCUT2D eigenvalue weighted by molar-refractivity contribution is 6.30. The molecule has 1 aromatic rings. The summed E-state index contributed by atoms with van der Waals surface area (Å²) in [4.78, 5) is 11.5. The average Bonchev–Trinajstić information content (AvgIpc) is 2.34. The molecule has 1 fully saturated rings. The quantitative estimate of drug-likeness (QED) is 0.920. The maximum absolute atomic E-state index is 13.7. The van der Waals surface area contributed by atoms with E-state index in [4.69, 9.17) is 16.3 Å². The van der Waals surface area contributed by atoms with Crippen molar-refractivity contribution in [2.24, 2.45) is 5.41 Å². The second kappa shape index (κ2) is 5.24. The number of carboxylic acids is 1. The van der Waals surface area contributed by atoms with Crippen molar-refractivity contribution in [1.29, 1.82) is 0 Å². The van der Waals surface area contributed by atoms with Gasteiger partial charge in [0.1, 0.15) is 5.82 Å². The largest absolute Gasteiger partial charge is 0.481 e. The molecule has 98 valence electrons. The molecule has 1 heterocycles. The number of rotatable bonds is 3. The first-order valence-electron chi connectivity index (χ1n) is 5.79. The number of hydrogen-bond acceptors (Lipinski definition) is 2. The van der Waals surface area contributed by atoms with Gasteiger partial charge in [-0.25, -0.2) is 4.39 Å². The van der Waals surface area contributed by atoms with Gasteiger partial charge in [-0.1, -0.05) is 17.7 Å². The topological polar surface area (TPSA) is 46.5 Å². The monoisotopic (exact) mass is 272 g/mol. The Bertz CT molecular complexity index is 456. The third-order valence-corrected chi connectivity index (χ3v) is 3.68. The number of aliphatic carboxylic acids is 1. The molecule has 0 saturated carbocycles. The van der Waals surface area contributed by atoms with Crippen molar-refractivity contribution in [2.45, 2.75) is 19.3 Å². The summed E-state index contributed by atoms with van der Waals surface area (Å²) in [7, 11) is 0. The lowest BCUT2D eigenvalue weighted by atomic mass is 9.75. The van der Waals surface area contributed by atoms with Crippen LogP contribution in [-0.2, 0) is 16.0 Å². The van der Waals surface area contributed by atoms with Gasteiger partial charge in [0, 0.05) is 18.2 Å². The van der Waals surface area contributed by atoms with E-state index in [9.17, 15) is 14.3 Å². The zero-order chi connectivity index (χ0) is 13.2. The summed E-state index contributed by atoms with van der Waals surface area (Å²) in [5.74, 6) is -1.34. The van der Waals surface area contributed by atoms with Crippen molar-refractivity contribution < 1.29 is 19.0 Å². The molecule has 0 aliphatic carbocycles. The minimum atomic E-state index is -0.924. The van der Waals surface area contributed by atoms with E-state index >= 15 is 0 Å². The number of ether oxygens (including phenoxy) is 1. The molecule has 0 aromatic heterocycles. The van der Waals surface area contributed by atoms with Crippen LogP contribution in [0.15, 0.2) is 18.2 Å². The molecule has 0 spiro atoms. The Morgan fingerprint density at radius 1 is 1.44 bits per heavy atom. The standard InChI is InChI=1S/C13H14ClFO3/c14-10-2-1-9(11(15)7-10)8-13(12(16)17)3-5-18-6-4-13/h1-2,7H,3-6,8H2,(H,16,17). The predicted octanol–water partition coefficient (Wildman–Crippen LogP) is 2.90. The maximum Gasteiger partial charge on any atom is 0.310 e. The van der Waals surface area contributed by atoms with Crippen LogP contribution in [0.1, 0.15) is 18.4 Å². The Morgan fingerprint density at radius 3 is 2.67 bits per heavy atom. The molecule has 1 aromatic carbocycles. The molecule has 1 N–H and O–H groups in total. The van der Waals surface area contributed by atoms with Gasteiger partial charge in [-0.2, -0.15) is 0 Å². The van der Waals surface area contributed by atoms with Crippen LogP contribution >= 0.6 is 11.6 Å². The van der Waals surface area contributed by atoms with Gasteiger partial charge in [0.05, 0.1) is 5.41 Å². The highest BCUT2D eigenvalue weighted by atomic mass is 35.5. The molecular weight excluding hydrogens is 259 g/mol. The van der Waals surface area contributed by atoms with E-state index in [-0.39, 0.29) is 6.42 Å². The Morgan fingerprint density at radius 2 is 2.11 bits per heavy atom. The van der Waals surface area contributed by atoms with Crippen LogP contribution in [0.4, 0.5) is 4.39 Å². The predicted molar refractivity (Wildman–Crippen MR) is 65.2 cm³/mol. The molecule has 1 aliphatic rings. The molecule has 2 rings (SSSR count). The molecular formula is C13H14ClFO3. The Balaban J connectivity index is 2.26. The summed E-state index contributed by atoms with van der Waals surface area (Å²) in [5.41, 5.74) is -0.531. The van der Waals surface area contributed by atoms with Gasteiger partial charge in [-0.3, -0.25) is 4.79 Å². The van der Waals surface area contributed by atoms with Crippen LogP contribution in [0.5, 0.6) is 0 Å². The lowest BCUT2D eigenvalue weighted by Crippen LogP contribution is -2.39. The van der Waals surface area contributed by atoms with Crippen molar-refractivity contribution in [2.75, 3.05) is 13.2 Å². The minimum Gasteiger partial charge on any atom is -0.481 e. The van der Waals surface area contributed by atoms with Crippen molar-refractivity contribution >= 4 is 17.6 Å². The fraction of sp³-hybridized carbons (Fsp3) is 0.462. The highest BCUT2D eigenvalue weighted by Crippen LogP contribution is 2.35. The van der Waals surface area contributed by atoms with E-state index in [1.165, 1.54) is 6.07 Å². The first-order valence-corrected chi connectivity index (χ1v) is 6.16. The van der Waals surface area contributed by atoms with E-state index < -0.39 is 17.2 Å². The zero-order valence-corrected chi connectivity index (χ0v) is 10.5. The number of hydrogen-bond donors (Lipinski definition) is 1. The van der Waals surface area contributed by atoms with Crippen LogP contribution in [0.2, 0.25) is 5.02 Å². The van der Waals surface area contributed by atoms with Crippen molar-refractivity contribution in [1.82, 2.24) is 0 Å². The van der Waals surface area contributed by atoms with E-state index in [1.807, 2.05) is 0 Å². The molecule has 1 aliphatic heterocycles. The van der Waals surface area contributed by atoms with Crippen LogP contribution in [0.3, 0.4) is 0 Å². The van der Waals surface area contributed by atoms with E-state index in [1.54, 1.807) is 12.1 Å². The first kappa shape index (κ1) is 13.3. The van der Waals surface area contributed by atoms with Gasteiger partial charge in [-0.15, -0.1) is 0 Å². The van der Waals surface area contributed by atoms with Crippen LogP contribution < -0.4 is 0 Å². The molecule has 0 atom stereocenters. The molecule has 0 unspecified atom stereocenters. The lowest BCUT2D eigenvalue weighted by Gasteiger charge is -2.33. The Hall–Kier alpha value is -1.13. The second-order valence-electron chi connectivity index (χ2n) is 4.61. The maximum atomic E-state index is 13.7. The first-order chi connectivity index (χ1) is 8.53.